The fourth-order valence-corrected chi connectivity index (χ4v) is 3.08. The third-order valence-electron chi connectivity index (χ3n) is 4.20. The number of aryl methyl sites for hydroxylation is 2. The topological polar surface area (TPSA) is 55.8 Å². The van der Waals surface area contributed by atoms with Gasteiger partial charge in [-0.1, -0.05) is 35.9 Å². The zero-order chi connectivity index (χ0) is 18.5. The fraction of sp³-hybridized carbons (Fsp3) is 0.300. The van der Waals surface area contributed by atoms with E-state index in [9.17, 15) is 9.59 Å². The number of nitrogens with zero attached hydrogens (tertiary/aromatic N) is 1. The number of carbonyl (C=O) groups is 2. The minimum atomic E-state index is -0.610. The van der Waals surface area contributed by atoms with Gasteiger partial charge in [-0.25, -0.2) is 4.79 Å². The molecule has 0 N–H and O–H groups in total. The van der Waals surface area contributed by atoms with Crippen LogP contribution in [0, 0.1) is 6.92 Å². The van der Waals surface area contributed by atoms with Crippen molar-refractivity contribution in [2.45, 2.75) is 19.8 Å². The Balaban J connectivity index is 1.52. The molecule has 1 aliphatic rings. The van der Waals surface area contributed by atoms with Crippen LogP contribution in [0.15, 0.2) is 42.5 Å². The number of rotatable bonds is 5. The molecule has 136 valence electrons. The average Bonchev–Trinajstić information content (AvgIpc) is 2.66. The minimum absolute atomic E-state index is 0.237. The van der Waals surface area contributed by atoms with Gasteiger partial charge in [0.2, 0.25) is 0 Å². The highest BCUT2D eigenvalue weighted by Crippen LogP contribution is 2.27. The van der Waals surface area contributed by atoms with Crippen LogP contribution in [0.25, 0.3) is 0 Å². The normalized spacial score (nSPS) is 13.1. The Hall–Kier alpha value is -2.53. The molecule has 0 unspecified atom stereocenters. The third kappa shape index (κ3) is 4.35. The van der Waals surface area contributed by atoms with Crippen molar-refractivity contribution in [3.63, 3.8) is 0 Å². The highest BCUT2D eigenvalue weighted by molar-refractivity contribution is 6.32. The quantitative estimate of drug-likeness (QED) is 0.752. The first-order valence-electron chi connectivity index (χ1n) is 8.47. The van der Waals surface area contributed by atoms with E-state index in [0.717, 1.165) is 29.7 Å². The molecule has 1 aliphatic heterocycles. The van der Waals surface area contributed by atoms with Crippen LogP contribution in [0.1, 0.15) is 17.5 Å². The van der Waals surface area contributed by atoms with Crippen LogP contribution in [-0.2, 0) is 20.7 Å². The molecule has 26 heavy (non-hydrogen) atoms. The number of benzene rings is 2. The van der Waals surface area contributed by atoms with Gasteiger partial charge in [0.15, 0.2) is 13.2 Å². The first kappa shape index (κ1) is 18.3. The minimum Gasteiger partial charge on any atom is -0.480 e. The molecule has 6 heteroatoms. The SMILES string of the molecule is Cc1ccc(Cl)c(OCC(=O)OCC(=O)N2CCCc3ccccc32)c1. The summed E-state index contributed by atoms with van der Waals surface area (Å²) in [6, 6.07) is 13.1. The Kier molecular flexibility index (Phi) is 5.78. The molecule has 5 nitrogen and oxygen atoms in total. The standard InChI is InChI=1S/C20H20ClNO4/c1-14-8-9-16(21)18(11-14)25-13-20(24)26-12-19(23)22-10-4-6-15-5-2-3-7-17(15)22/h2-3,5,7-9,11H,4,6,10,12-13H2,1H3. The molecule has 0 bridgehead atoms. The number of ether oxygens (including phenoxy) is 2. The molecular weight excluding hydrogens is 354 g/mol. The number of hydrogen-bond donors (Lipinski definition) is 0. The average molecular weight is 374 g/mol. The Bertz CT molecular complexity index is 821. The summed E-state index contributed by atoms with van der Waals surface area (Å²) in [4.78, 5) is 26.0. The maximum Gasteiger partial charge on any atom is 0.344 e. The van der Waals surface area contributed by atoms with E-state index in [-0.39, 0.29) is 19.1 Å². The molecular formula is C20H20ClNO4. The highest BCUT2D eigenvalue weighted by atomic mass is 35.5. The molecule has 2 aromatic carbocycles. The molecule has 0 aliphatic carbocycles. The second-order valence-corrected chi connectivity index (χ2v) is 6.57. The van der Waals surface area contributed by atoms with E-state index >= 15 is 0 Å². The van der Waals surface area contributed by atoms with Gasteiger partial charge >= 0.3 is 5.97 Å². The number of hydrogen-bond acceptors (Lipinski definition) is 4. The van der Waals surface area contributed by atoms with Gasteiger partial charge in [-0.2, -0.15) is 0 Å². The summed E-state index contributed by atoms with van der Waals surface area (Å²) in [5, 5.41) is 0.421. The van der Waals surface area contributed by atoms with Crippen LogP contribution < -0.4 is 9.64 Å². The van der Waals surface area contributed by atoms with Crippen molar-refractivity contribution in [1.82, 2.24) is 0 Å². The van der Waals surface area contributed by atoms with Crippen molar-refractivity contribution in [3.8, 4) is 5.75 Å². The maximum absolute atomic E-state index is 12.4. The lowest BCUT2D eigenvalue weighted by Crippen LogP contribution is -2.38. The van der Waals surface area contributed by atoms with Gasteiger partial charge in [-0.15, -0.1) is 0 Å². The van der Waals surface area contributed by atoms with Crippen LogP contribution in [-0.4, -0.2) is 31.6 Å². The van der Waals surface area contributed by atoms with Crippen LogP contribution in [0.5, 0.6) is 5.75 Å². The molecule has 3 rings (SSSR count). The first-order chi connectivity index (χ1) is 12.5. The van der Waals surface area contributed by atoms with Gasteiger partial charge < -0.3 is 14.4 Å². The Morgan fingerprint density at radius 2 is 1.96 bits per heavy atom. The number of anilines is 1. The van der Waals surface area contributed by atoms with E-state index in [4.69, 9.17) is 21.1 Å². The maximum atomic E-state index is 12.4. The van der Waals surface area contributed by atoms with E-state index in [2.05, 4.69) is 0 Å². The largest absolute Gasteiger partial charge is 0.480 e. The van der Waals surface area contributed by atoms with Gasteiger partial charge in [0.1, 0.15) is 5.75 Å². The molecule has 1 amide bonds. The van der Waals surface area contributed by atoms with Crippen LogP contribution in [0.4, 0.5) is 5.69 Å². The van der Waals surface area contributed by atoms with Gasteiger partial charge in [0.25, 0.3) is 5.91 Å². The predicted octanol–water partition coefficient (Wildman–Crippen LogP) is 3.55. The molecule has 0 saturated carbocycles. The number of fused-ring (bicyclic) bond motifs is 1. The molecule has 0 saturated heterocycles. The molecule has 2 aromatic rings. The smallest absolute Gasteiger partial charge is 0.344 e. The van der Waals surface area contributed by atoms with E-state index in [1.807, 2.05) is 37.3 Å². The summed E-state index contributed by atoms with van der Waals surface area (Å²) in [5.41, 5.74) is 3.00. The fourth-order valence-electron chi connectivity index (χ4n) is 2.91. The zero-order valence-corrected chi connectivity index (χ0v) is 15.3. The summed E-state index contributed by atoms with van der Waals surface area (Å²) >= 11 is 6.02. The van der Waals surface area contributed by atoms with Crippen molar-refractivity contribution in [2.75, 3.05) is 24.7 Å². The Labute approximate surface area is 157 Å². The zero-order valence-electron chi connectivity index (χ0n) is 14.5. The summed E-state index contributed by atoms with van der Waals surface area (Å²) in [6.07, 6.45) is 1.84. The number of carbonyl (C=O) groups excluding carboxylic acids is 2. The van der Waals surface area contributed by atoms with Crippen LogP contribution in [0.3, 0.4) is 0 Å². The van der Waals surface area contributed by atoms with Gasteiger partial charge in [0, 0.05) is 12.2 Å². The van der Waals surface area contributed by atoms with Gasteiger partial charge in [-0.3, -0.25) is 4.79 Å². The van der Waals surface area contributed by atoms with Crippen molar-refractivity contribution in [1.29, 1.82) is 0 Å². The Morgan fingerprint density at radius 3 is 2.81 bits per heavy atom. The number of esters is 1. The highest BCUT2D eigenvalue weighted by Gasteiger charge is 2.23. The summed E-state index contributed by atoms with van der Waals surface area (Å²) < 4.78 is 10.4. The lowest BCUT2D eigenvalue weighted by atomic mass is 10.0. The van der Waals surface area contributed by atoms with E-state index in [1.165, 1.54) is 0 Å². The van der Waals surface area contributed by atoms with Crippen LogP contribution in [0.2, 0.25) is 5.02 Å². The van der Waals surface area contributed by atoms with E-state index in [0.29, 0.717) is 17.3 Å². The van der Waals surface area contributed by atoms with E-state index in [1.54, 1.807) is 17.0 Å². The summed E-state index contributed by atoms with van der Waals surface area (Å²) in [6.45, 7) is 1.92. The first-order valence-corrected chi connectivity index (χ1v) is 8.85. The van der Waals surface area contributed by atoms with Crippen molar-refractivity contribution in [3.05, 3.63) is 58.6 Å². The van der Waals surface area contributed by atoms with Crippen LogP contribution >= 0.6 is 11.6 Å². The second-order valence-electron chi connectivity index (χ2n) is 6.16. The number of amides is 1. The van der Waals surface area contributed by atoms with Gasteiger partial charge in [0.05, 0.1) is 5.02 Å². The molecule has 1 heterocycles. The summed E-state index contributed by atoms with van der Waals surface area (Å²) in [5.74, 6) is -0.430. The molecule has 0 aromatic heterocycles. The van der Waals surface area contributed by atoms with Gasteiger partial charge in [-0.05, 0) is 49.1 Å². The predicted molar refractivity (Wildman–Crippen MR) is 99.8 cm³/mol. The molecule has 0 atom stereocenters. The lowest BCUT2D eigenvalue weighted by Gasteiger charge is -2.29. The summed E-state index contributed by atoms with van der Waals surface area (Å²) in [7, 11) is 0. The van der Waals surface area contributed by atoms with Crippen molar-refractivity contribution >= 4 is 29.2 Å². The third-order valence-corrected chi connectivity index (χ3v) is 4.51. The lowest BCUT2D eigenvalue weighted by molar-refractivity contribution is -0.149. The number of para-hydroxylation sites is 1. The molecule has 0 radical (unpaired) electrons. The van der Waals surface area contributed by atoms with Crippen molar-refractivity contribution in [2.24, 2.45) is 0 Å². The number of halogens is 1. The van der Waals surface area contributed by atoms with Crippen molar-refractivity contribution < 1.29 is 19.1 Å². The molecule has 0 fully saturated rings. The van der Waals surface area contributed by atoms with E-state index < -0.39 is 5.97 Å². The second kappa shape index (κ2) is 8.23. The monoisotopic (exact) mass is 373 g/mol. The molecule has 0 spiro atoms. The Morgan fingerprint density at radius 1 is 1.15 bits per heavy atom.